The van der Waals surface area contributed by atoms with Gasteiger partial charge in [-0.25, -0.2) is 0 Å². The molecule has 0 spiro atoms. The van der Waals surface area contributed by atoms with Crippen molar-refractivity contribution in [1.29, 1.82) is 0 Å². The van der Waals surface area contributed by atoms with E-state index in [4.69, 9.17) is 10.5 Å². The number of benzene rings is 2. The maximum Gasteiger partial charge on any atom is 0.353 e. The highest BCUT2D eigenvalue weighted by atomic mass is 16.6. The zero-order chi connectivity index (χ0) is 20.3. The van der Waals surface area contributed by atoms with Crippen LogP contribution < -0.4 is 21.1 Å². The van der Waals surface area contributed by atoms with Crippen LogP contribution in [0.15, 0.2) is 42.5 Å². The number of hydrogen-bond donors (Lipinski definition) is 3. The molecule has 0 saturated heterocycles. The predicted molar refractivity (Wildman–Crippen MR) is 109 cm³/mol. The summed E-state index contributed by atoms with van der Waals surface area (Å²) in [5.41, 5.74) is 9.05. The molecular weight excluding hydrogens is 360 g/mol. The van der Waals surface area contributed by atoms with Gasteiger partial charge in [-0.1, -0.05) is 6.07 Å². The summed E-state index contributed by atoms with van der Waals surface area (Å²) in [5, 5.41) is 17.4. The van der Waals surface area contributed by atoms with Gasteiger partial charge in [0.05, 0.1) is 12.0 Å². The van der Waals surface area contributed by atoms with E-state index in [1.165, 1.54) is 0 Å². The molecule has 0 atom stereocenters. The smallest absolute Gasteiger partial charge is 0.353 e. The fourth-order valence-electron chi connectivity index (χ4n) is 2.55. The van der Waals surface area contributed by atoms with Crippen LogP contribution in [0.2, 0.25) is 0 Å². The number of hydrogen-bond acceptors (Lipinski definition) is 8. The molecule has 1 aromatic heterocycles. The molecule has 0 aliphatic heterocycles. The van der Waals surface area contributed by atoms with Gasteiger partial charge in [-0.3, -0.25) is 10.1 Å². The number of nitrogens with one attached hydrogen (secondary N) is 2. The Morgan fingerprint density at radius 1 is 1.00 bits per heavy atom. The first kappa shape index (κ1) is 18.9. The second-order valence-corrected chi connectivity index (χ2v) is 6.16. The van der Waals surface area contributed by atoms with Crippen LogP contribution in [-0.2, 0) is 0 Å². The molecule has 2 aromatic carbocycles. The zero-order valence-electron chi connectivity index (χ0n) is 15.7. The summed E-state index contributed by atoms with van der Waals surface area (Å²) in [6.45, 7) is 4.00. The van der Waals surface area contributed by atoms with Crippen molar-refractivity contribution in [2.45, 2.75) is 13.8 Å². The summed E-state index contributed by atoms with van der Waals surface area (Å²) in [6, 6.07) is 12.7. The second kappa shape index (κ2) is 7.78. The Hall–Kier alpha value is -3.88. The number of nitrogens with two attached hydrogens (primary N) is 1. The normalized spacial score (nSPS) is 10.4. The van der Waals surface area contributed by atoms with Gasteiger partial charge in [0, 0.05) is 11.4 Å². The molecule has 0 unspecified atom stereocenters. The van der Waals surface area contributed by atoms with Gasteiger partial charge >= 0.3 is 5.69 Å². The Bertz CT molecular complexity index is 1020. The highest BCUT2D eigenvalue weighted by Crippen LogP contribution is 2.32. The number of ether oxygens (including phenoxy) is 1. The quantitative estimate of drug-likeness (QED) is 0.431. The average molecular weight is 380 g/mol. The summed E-state index contributed by atoms with van der Waals surface area (Å²) in [4.78, 5) is 19.1. The van der Waals surface area contributed by atoms with Crippen molar-refractivity contribution in [3.63, 3.8) is 0 Å². The van der Waals surface area contributed by atoms with Crippen LogP contribution in [0.1, 0.15) is 11.1 Å². The molecule has 0 saturated carbocycles. The maximum absolute atomic E-state index is 11.5. The van der Waals surface area contributed by atoms with E-state index in [2.05, 4.69) is 20.6 Å². The summed E-state index contributed by atoms with van der Waals surface area (Å²) < 4.78 is 5.11. The van der Waals surface area contributed by atoms with Crippen molar-refractivity contribution < 1.29 is 9.66 Å². The minimum Gasteiger partial charge on any atom is -0.497 e. The average Bonchev–Trinajstić information content (AvgIpc) is 2.65. The van der Waals surface area contributed by atoms with Gasteiger partial charge in [0.1, 0.15) is 5.75 Å². The molecule has 144 valence electrons. The number of rotatable bonds is 6. The maximum atomic E-state index is 11.5. The summed E-state index contributed by atoms with van der Waals surface area (Å²) in [7, 11) is 1.56. The Balaban J connectivity index is 1.96. The third-order valence-corrected chi connectivity index (χ3v) is 4.21. The number of anilines is 5. The second-order valence-electron chi connectivity index (χ2n) is 6.16. The van der Waals surface area contributed by atoms with Crippen molar-refractivity contribution in [2.75, 3.05) is 23.5 Å². The standard InChI is InChI=1S/C19H20N6O3/c1-11-4-5-14(10-12(11)2)22-19-23-17(20)16(25(26)27)18(24-19)21-13-6-8-15(28-3)9-7-13/h4-10H,1-3H3,(H4,20,21,22,23,24). The molecule has 1 heterocycles. The number of nitro groups is 1. The molecule has 4 N–H and O–H groups in total. The first-order valence-corrected chi connectivity index (χ1v) is 8.44. The number of nitrogen functional groups attached to an aromatic ring is 1. The zero-order valence-corrected chi connectivity index (χ0v) is 15.7. The minimum absolute atomic E-state index is 0.00556. The van der Waals surface area contributed by atoms with Crippen LogP contribution in [0.5, 0.6) is 5.75 Å². The summed E-state index contributed by atoms with van der Waals surface area (Å²) >= 11 is 0. The van der Waals surface area contributed by atoms with Crippen LogP contribution >= 0.6 is 0 Å². The van der Waals surface area contributed by atoms with Crippen molar-refractivity contribution in [3.8, 4) is 5.75 Å². The first-order chi connectivity index (χ1) is 13.4. The molecule has 3 rings (SSSR count). The van der Waals surface area contributed by atoms with Crippen molar-refractivity contribution in [2.24, 2.45) is 0 Å². The molecule has 9 heteroatoms. The van der Waals surface area contributed by atoms with Gasteiger partial charge in [0.2, 0.25) is 17.6 Å². The highest BCUT2D eigenvalue weighted by Gasteiger charge is 2.23. The third-order valence-electron chi connectivity index (χ3n) is 4.21. The van der Waals surface area contributed by atoms with E-state index in [0.717, 1.165) is 16.8 Å². The summed E-state index contributed by atoms with van der Waals surface area (Å²) in [6.07, 6.45) is 0. The Kier molecular flexibility index (Phi) is 5.25. The van der Waals surface area contributed by atoms with Crippen LogP contribution in [0.25, 0.3) is 0 Å². The van der Waals surface area contributed by atoms with Crippen LogP contribution in [0.3, 0.4) is 0 Å². The lowest BCUT2D eigenvalue weighted by Gasteiger charge is -2.12. The van der Waals surface area contributed by atoms with Crippen LogP contribution in [0, 0.1) is 24.0 Å². The predicted octanol–water partition coefficient (Wildman–Crippen LogP) is 4.08. The van der Waals surface area contributed by atoms with E-state index in [0.29, 0.717) is 11.4 Å². The molecule has 0 radical (unpaired) electrons. The largest absolute Gasteiger partial charge is 0.497 e. The molecule has 0 aliphatic carbocycles. The third kappa shape index (κ3) is 4.09. The van der Waals surface area contributed by atoms with Crippen LogP contribution in [0.4, 0.5) is 34.6 Å². The lowest BCUT2D eigenvalue weighted by Crippen LogP contribution is -2.08. The molecular formula is C19H20N6O3. The molecule has 0 amide bonds. The Morgan fingerprint density at radius 2 is 1.68 bits per heavy atom. The molecule has 28 heavy (non-hydrogen) atoms. The van der Waals surface area contributed by atoms with Crippen LogP contribution in [-0.4, -0.2) is 22.0 Å². The molecule has 0 bridgehead atoms. The van der Waals surface area contributed by atoms with Gasteiger partial charge in [0.25, 0.3) is 0 Å². The van der Waals surface area contributed by atoms with Gasteiger partial charge in [-0.05, 0) is 61.4 Å². The fourth-order valence-corrected chi connectivity index (χ4v) is 2.55. The van der Waals surface area contributed by atoms with E-state index in [9.17, 15) is 10.1 Å². The topological polar surface area (TPSA) is 128 Å². The van der Waals surface area contributed by atoms with E-state index in [-0.39, 0.29) is 23.3 Å². The Labute approximate surface area is 161 Å². The van der Waals surface area contributed by atoms with E-state index < -0.39 is 4.92 Å². The number of methoxy groups -OCH3 is 1. The Morgan fingerprint density at radius 3 is 2.29 bits per heavy atom. The molecule has 0 fully saturated rings. The number of nitrogens with zero attached hydrogens (tertiary/aromatic N) is 3. The molecule has 3 aromatic rings. The lowest BCUT2D eigenvalue weighted by atomic mass is 10.1. The summed E-state index contributed by atoms with van der Waals surface area (Å²) in [5.74, 6) is 0.582. The van der Waals surface area contributed by atoms with Gasteiger partial charge < -0.3 is 21.1 Å². The first-order valence-electron chi connectivity index (χ1n) is 8.44. The fraction of sp³-hybridized carbons (Fsp3) is 0.158. The minimum atomic E-state index is -0.610. The lowest BCUT2D eigenvalue weighted by molar-refractivity contribution is -0.383. The van der Waals surface area contributed by atoms with Gasteiger partial charge in [-0.15, -0.1) is 0 Å². The van der Waals surface area contributed by atoms with Gasteiger partial charge in [0.15, 0.2) is 0 Å². The van der Waals surface area contributed by atoms with Crippen molar-refractivity contribution >= 4 is 34.6 Å². The van der Waals surface area contributed by atoms with E-state index in [1.54, 1.807) is 31.4 Å². The SMILES string of the molecule is COc1ccc(Nc2nc(Nc3ccc(C)c(C)c3)nc(N)c2[N+](=O)[O-])cc1. The van der Waals surface area contributed by atoms with Crippen molar-refractivity contribution in [3.05, 3.63) is 63.7 Å². The molecule has 0 aliphatic rings. The van der Waals surface area contributed by atoms with Crippen molar-refractivity contribution in [1.82, 2.24) is 9.97 Å². The van der Waals surface area contributed by atoms with E-state index in [1.807, 2.05) is 32.0 Å². The number of aromatic nitrogens is 2. The molecule has 9 nitrogen and oxygen atoms in total. The number of aryl methyl sites for hydroxylation is 2. The van der Waals surface area contributed by atoms with Gasteiger partial charge in [-0.2, -0.15) is 9.97 Å². The highest BCUT2D eigenvalue weighted by molar-refractivity contribution is 5.75. The monoisotopic (exact) mass is 380 g/mol. The van der Waals surface area contributed by atoms with E-state index >= 15 is 0 Å².